The standard InChI is InChI=1S/C13H25N3O2S/c1-5-12(14)9-13-10(2)15-16(11(13)3)7-6-8-19(4,17)18/h12H,5-9,14H2,1-4H3. The molecule has 6 heteroatoms. The van der Waals surface area contributed by atoms with E-state index in [-0.39, 0.29) is 11.8 Å². The minimum absolute atomic E-state index is 0.158. The van der Waals surface area contributed by atoms with Gasteiger partial charge in [0, 0.05) is 24.5 Å². The summed E-state index contributed by atoms with van der Waals surface area (Å²) >= 11 is 0. The van der Waals surface area contributed by atoms with Crippen LogP contribution < -0.4 is 5.73 Å². The second-order valence-corrected chi connectivity index (χ2v) is 7.49. The summed E-state index contributed by atoms with van der Waals surface area (Å²) in [6.07, 6.45) is 3.64. The molecule has 0 aromatic carbocycles. The predicted octanol–water partition coefficient (Wildman–Crippen LogP) is 1.21. The number of sulfone groups is 1. The summed E-state index contributed by atoms with van der Waals surface area (Å²) < 4.78 is 24.1. The van der Waals surface area contributed by atoms with E-state index in [9.17, 15) is 8.42 Å². The highest BCUT2D eigenvalue weighted by atomic mass is 32.2. The zero-order chi connectivity index (χ0) is 14.6. The summed E-state index contributed by atoms with van der Waals surface area (Å²) in [5.74, 6) is 0.204. The number of rotatable bonds is 7. The number of aromatic nitrogens is 2. The van der Waals surface area contributed by atoms with Crippen LogP contribution in [-0.4, -0.2) is 36.2 Å². The summed E-state index contributed by atoms with van der Waals surface area (Å²) in [6, 6.07) is 0.158. The highest BCUT2D eigenvalue weighted by molar-refractivity contribution is 7.90. The van der Waals surface area contributed by atoms with Crippen molar-refractivity contribution in [2.24, 2.45) is 5.73 Å². The lowest BCUT2D eigenvalue weighted by molar-refractivity contribution is 0.565. The summed E-state index contributed by atoms with van der Waals surface area (Å²) in [5, 5.41) is 4.48. The van der Waals surface area contributed by atoms with Crippen LogP contribution in [0, 0.1) is 13.8 Å². The van der Waals surface area contributed by atoms with Crippen molar-refractivity contribution in [1.29, 1.82) is 0 Å². The SMILES string of the molecule is CCC(N)Cc1c(C)nn(CCCS(C)(=O)=O)c1C. The maximum absolute atomic E-state index is 11.1. The van der Waals surface area contributed by atoms with Crippen LogP contribution in [0.15, 0.2) is 0 Å². The summed E-state index contributed by atoms with van der Waals surface area (Å²) in [6.45, 7) is 6.73. The largest absolute Gasteiger partial charge is 0.327 e. The number of hydrogen-bond donors (Lipinski definition) is 1. The lowest BCUT2D eigenvalue weighted by Gasteiger charge is -2.09. The summed E-state index contributed by atoms with van der Waals surface area (Å²) in [7, 11) is -2.89. The Kier molecular flexibility index (Phi) is 5.55. The van der Waals surface area contributed by atoms with Gasteiger partial charge in [-0.05, 0) is 38.7 Å². The molecule has 1 rings (SSSR count). The number of aryl methyl sites for hydroxylation is 2. The monoisotopic (exact) mass is 287 g/mol. The molecule has 1 atom stereocenters. The summed E-state index contributed by atoms with van der Waals surface area (Å²) in [5.41, 5.74) is 9.30. The molecule has 0 spiro atoms. The van der Waals surface area contributed by atoms with Crippen LogP contribution in [0.5, 0.6) is 0 Å². The van der Waals surface area contributed by atoms with Crippen molar-refractivity contribution in [1.82, 2.24) is 9.78 Å². The molecule has 110 valence electrons. The highest BCUT2D eigenvalue weighted by Crippen LogP contribution is 2.16. The Labute approximate surface area is 116 Å². The van der Waals surface area contributed by atoms with E-state index in [0.29, 0.717) is 13.0 Å². The molecule has 1 unspecified atom stereocenters. The molecular weight excluding hydrogens is 262 g/mol. The predicted molar refractivity (Wildman–Crippen MR) is 78.0 cm³/mol. The van der Waals surface area contributed by atoms with Crippen LogP contribution in [0.25, 0.3) is 0 Å². The van der Waals surface area contributed by atoms with Crippen molar-refractivity contribution in [3.8, 4) is 0 Å². The van der Waals surface area contributed by atoms with E-state index < -0.39 is 9.84 Å². The Morgan fingerprint density at radius 1 is 1.37 bits per heavy atom. The zero-order valence-electron chi connectivity index (χ0n) is 12.3. The third kappa shape index (κ3) is 4.95. The molecule has 0 radical (unpaired) electrons. The van der Waals surface area contributed by atoms with Crippen LogP contribution in [0.1, 0.15) is 36.7 Å². The molecule has 1 aromatic rings. The fourth-order valence-corrected chi connectivity index (χ4v) is 2.78. The Morgan fingerprint density at radius 3 is 2.53 bits per heavy atom. The quantitative estimate of drug-likeness (QED) is 0.818. The molecule has 0 aliphatic carbocycles. The third-order valence-electron chi connectivity index (χ3n) is 3.41. The third-order valence-corrected chi connectivity index (χ3v) is 4.44. The fraction of sp³-hybridized carbons (Fsp3) is 0.769. The van der Waals surface area contributed by atoms with Gasteiger partial charge in [-0.1, -0.05) is 6.92 Å². The summed E-state index contributed by atoms with van der Waals surface area (Å²) in [4.78, 5) is 0. The first-order valence-electron chi connectivity index (χ1n) is 6.70. The first kappa shape index (κ1) is 16.2. The van der Waals surface area contributed by atoms with Gasteiger partial charge in [-0.25, -0.2) is 8.42 Å². The van der Waals surface area contributed by atoms with E-state index in [1.807, 2.05) is 18.5 Å². The van der Waals surface area contributed by atoms with Crippen LogP contribution in [-0.2, 0) is 22.8 Å². The van der Waals surface area contributed by atoms with Crippen molar-refractivity contribution in [3.05, 3.63) is 17.0 Å². The smallest absolute Gasteiger partial charge is 0.147 e. The molecule has 1 heterocycles. The molecule has 5 nitrogen and oxygen atoms in total. The van der Waals surface area contributed by atoms with E-state index in [4.69, 9.17) is 5.73 Å². The second-order valence-electron chi connectivity index (χ2n) is 5.23. The number of hydrogen-bond acceptors (Lipinski definition) is 4. The molecule has 0 fully saturated rings. The van der Waals surface area contributed by atoms with Crippen molar-refractivity contribution < 1.29 is 8.42 Å². The average molecular weight is 287 g/mol. The van der Waals surface area contributed by atoms with Crippen molar-refractivity contribution >= 4 is 9.84 Å². The lowest BCUT2D eigenvalue weighted by Crippen LogP contribution is -2.22. The maximum Gasteiger partial charge on any atom is 0.147 e. The van der Waals surface area contributed by atoms with E-state index in [2.05, 4.69) is 12.0 Å². The van der Waals surface area contributed by atoms with Gasteiger partial charge in [0.05, 0.1) is 11.4 Å². The van der Waals surface area contributed by atoms with Gasteiger partial charge in [0.1, 0.15) is 9.84 Å². The Morgan fingerprint density at radius 2 is 2.00 bits per heavy atom. The minimum atomic E-state index is -2.89. The topological polar surface area (TPSA) is 78.0 Å². The Balaban J connectivity index is 2.73. The molecule has 0 aliphatic heterocycles. The average Bonchev–Trinajstić information content (AvgIpc) is 2.55. The molecular formula is C13H25N3O2S. The van der Waals surface area contributed by atoms with Gasteiger partial charge in [-0.2, -0.15) is 5.10 Å². The van der Waals surface area contributed by atoms with Crippen LogP contribution in [0.3, 0.4) is 0 Å². The van der Waals surface area contributed by atoms with Crippen LogP contribution in [0.4, 0.5) is 0 Å². The van der Waals surface area contributed by atoms with Crippen LogP contribution in [0.2, 0.25) is 0 Å². The molecule has 0 saturated heterocycles. The van der Waals surface area contributed by atoms with Crippen molar-refractivity contribution in [3.63, 3.8) is 0 Å². The normalized spacial score (nSPS) is 13.7. The van der Waals surface area contributed by atoms with E-state index in [1.54, 1.807) is 0 Å². The highest BCUT2D eigenvalue weighted by Gasteiger charge is 2.14. The van der Waals surface area contributed by atoms with E-state index >= 15 is 0 Å². The van der Waals surface area contributed by atoms with Gasteiger partial charge in [0.25, 0.3) is 0 Å². The molecule has 0 saturated carbocycles. The number of nitrogens with zero attached hydrogens (tertiary/aromatic N) is 2. The maximum atomic E-state index is 11.1. The molecule has 0 amide bonds. The van der Waals surface area contributed by atoms with E-state index in [0.717, 1.165) is 24.2 Å². The second kappa shape index (κ2) is 6.52. The molecule has 19 heavy (non-hydrogen) atoms. The van der Waals surface area contributed by atoms with E-state index in [1.165, 1.54) is 11.8 Å². The minimum Gasteiger partial charge on any atom is -0.327 e. The Bertz CT molecular complexity index is 520. The lowest BCUT2D eigenvalue weighted by atomic mass is 10.0. The van der Waals surface area contributed by atoms with Gasteiger partial charge < -0.3 is 5.73 Å². The molecule has 1 aromatic heterocycles. The molecule has 2 N–H and O–H groups in total. The molecule has 0 aliphatic rings. The van der Waals surface area contributed by atoms with Gasteiger partial charge in [-0.15, -0.1) is 0 Å². The van der Waals surface area contributed by atoms with Crippen molar-refractivity contribution in [2.75, 3.05) is 12.0 Å². The number of nitrogens with two attached hydrogens (primary N) is 1. The Hall–Kier alpha value is -0.880. The zero-order valence-corrected chi connectivity index (χ0v) is 13.1. The molecule has 0 bridgehead atoms. The van der Waals surface area contributed by atoms with Gasteiger partial charge in [0.15, 0.2) is 0 Å². The van der Waals surface area contributed by atoms with Gasteiger partial charge in [0.2, 0.25) is 0 Å². The van der Waals surface area contributed by atoms with Gasteiger partial charge >= 0.3 is 0 Å². The first-order valence-corrected chi connectivity index (χ1v) is 8.76. The van der Waals surface area contributed by atoms with Crippen molar-refractivity contribution in [2.45, 2.75) is 52.6 Å². The fourth-order valence-electron chi connectivity index (χ4n) is 2.13. The van der Waals surface area contributed by atoms with Crippen LogP contribution >= 0.6 is 0 Å². The first-order chi connectivity index (χ1) is 8.74. The van der Waals surface area contributed by atoms with Gasteiger partial charge in [-0.3, -0.25) is 4.68 Å².